The molecule has 1 saturated heterocycles. The van der Waals surface area contributed by atoms with E-state index in [1.54, 1.807) is 25.1 Å². The number of amides is 2. The van der Waals surface area contributed by atoms with E-state index in [-0.39, 0.29) is 28.2 Å². The van der Waals surface area contributed by atoms with Crippen molar-refractivity contribution in [2.45, 2.75) is 39.3 Å². The van der Waals surface area contributed by atoms with Crippen LogP contribution < -0.4 is 5.32 Å². The van der Waals surface area contributed by atoms with E-state index in [2.05, 4.69) is 5.32 Å². The number of urea groups is 1. The smallest absolute Gasteiger partial charge is 0.317 e. The summed E-state index contributed by atoms with van der Waals surface area (Å²) in [5.41, 5.74) is 0.528. The van der Waals surface area contributed by atoms with Gasteiger partial charge >= 0.3 is 6.03 Å². The van der Waals surface area contributed by atoms with Gasteiger partial charge in [-0.3, -0.25) is 0 Å². The van der Waals surface area contributed by atoms with Gasteiger partial charge < -0.3 is 20.1 Å². The minimum Gasteiger partial charge on any atom is -0.633 e. The van der Waals surface area contributed by atoms with Crippen LogP contribution in [0.3, 0.4) is 0 Å². The van der Waals surface area contributed by atoms with E-state index in [1.165, 1.54) is 0 Å². The highest BCUT2D eigenvalue weighted by Gasteiger charge is 2.43. The topological polar surface area (TPSA) is 55.4 Å². The molecule has 3 unspecified atom stereocenters. The Bertz CT molecular complexity index is 649. The van der Waals surface area contributed by atoms with Gasteiger partial charge in [0.1, 0.15) is 0 Å². The molecule has 3 atom stereocenters. The summed E-state index contributed by atoms with van der Waals surface area (Å²) in [6.45, 7) is 6.98. The fraction of sp³-hybridized carbons (Fsp3) is 0.611. The summed E-state index contributed by atoms with van der Waals surface area (Å²) in [6, 6.07) is 4.94. The molecule has 2 rings (SSSR count). The third-order valence-electron chi connectivity index (χ3n) is 5.10. The number of carbonyl (C=O) groups is 1. The summed E-state index contributed by atoms with van der Waals surface area (Å²) in [5, 5.41) is 16.2. The fourth-order valence-corrected chi connectivity index (χ4v) is 4.38. The van der Waals surface area contributed by atoms with Gasteiger partial charge in [0.2, 0.25) is 0 Å². The van der Waals surface area contributed by atoms with E-state index in [0.717, 1.165) is 5.56 Å². The summed E-state index contributed by atoms with van der Waals surface area (Å²) in [4.78, 5) is 14.4. The Balaban J connectivity index is 2.09. The molecule has 1 aromatic rings. The SMILES string of the molecule is CC(NC(=O)N(C)C1CC[N+](C)([O-])CC1(C)C)c1cccc(Cl)c1Cl. The summed E-state index contributed by atoms with van der Waals surface area (Å²) in [5.74, 6) is 0. The van der Waals surface area contributed by atoms with Crippen LogP contribution in [0.4, 0.5) is 4.79 Å². The van der Waals surface area contributed by atoms with Gasteiger partial charge in [-0.1, -0.05) is 49.2 Å². The minimum absolute atomic E-state index is 0.00897. The first-order chi connectivity index (χ1) is 11.4. The molecule has 0 aliphatic carbocycles. The molecule has 1 N–H and O–H groups in total. The number of piperidine rings is 1. The van der Waals surface area contributed by atoms with Crippen LogP contribution in [0, 0.1) is 10.6 Å². The Morgan fingerprint density at radius 2 is 2.08 bits per heavy atom. The van der Waals surface area contributed by atoms with Crippen molar-refractivity contribution >= 4 is 29.2 Å². The van der Waals surface area contributed by atoms with Crippen LogP contribution in [0.15, 0.2) is 18.2 Å². The second kappa shape index (κ2) is 7.31. The van der Waals surface area contributed by atoms with Crippen LogP contribution in [-0.4, -0.2) is 48.8 Å². The van der Waals surface area contributed by atoms with Crippen molar-refractivity contribution in [3.8, 4) is 0 Å². The highest BCUT2D eigenvalue weighted by Crippen LogP contribution is 2.35. The molecule has 1 aliphatic rings. The van der Waals surface area contributed by atoms with E-state index < -0.39 is 0 Å². The van der Waals surface area contributed by atoms with E-state index >= 15 is 0 Å². The number of rotatable bonds is 3. The van der Waals surface area contributed by atoms with Gasteiger partial charge in [-0.25, -0.2) is 4.79 Å². The summed E-state index contributed by atoms with van der Waals surface area (Å²) in [7, 11) is 3.48. The normalized spacial score (nSPS) is 26.8. The molecule has 0 radical (unpaired) electrons. The van der Waals surface area contributed by atoms with Gasteiger partial charge in [0.05, 0.1) is 36.2 Å². The molecule has 5 nitrogen and oxygen atoms in total. The number of hydrogen-bond donors (Lipinski definition) is 1. The van der Waals surface area contributed by atoms with Crippen LogP contribution in [0.25, 0.3) is 0 Å². The molecule has 0 bridgehead atoms. The molecule has 140 valence electrons. The molecule has 0 saturated carbocycles. The monoisotopic (exact) mass is 387 g/mol. The minimum atomic E-state index is -0.270. The third-order valence-corrected chi connectivity index (χ3v) is 5.93. The lowest BCUT2D eigenvalue weighted by molar-refractivity contribution is -0.874. The Labute approximate surface area is 160 Å². The number of quaternary nitrogens is 1. The zero-order valence-electron chi connectivity index (χ0n) is 15.5. The number of hydroxylamine groups is 3. The lowest BCUT2D eigenvalue weighted by atomic mass is 9.78. The molecular formula is C18H27Cl2N3O2. The standard InChI is InChI=1S/C18H27Cl2N3O2/c1-12(13-7-6-8-14(19)16(13)20)21-17(24)22(4)15-9-10-23(5,25)11-18(15,2)3/h6-8,12,15H,9-11H2,1-5H3,(H,21,24). The number of hydrogen-bond acceptors (Lipinski definition) is 2. The average Bonchev–Trinajstić information content (AvgIpc) is 2.47. The van der Waals surface area contributed by atoms with Gasteiger partial charge in [0.25, 0.3) is 0 Å². The second-order valence-corrected chi connectivity index (χ2v) is 8.68. The first-order valence-electron chi connectivity index (χ1n) is 8.47. The van der Waals surface area contributed by atoms with E-state index in [4.69, 9.17) is 23.2 Å². The molecule has 7 heteroatoms. The number of benzene rings is 1. The Morgan fingerprint density at radius 3 is 2.68 bits per heavy atom. The lowest BCUT2D eigenvalue weighted by Crippen LogP contribution is -2.61. The Morgan fingerprint density at radius 1 is 1.44 bits per heavy atom. The zero-order chi connectivity index (χ0) is 19.0. The third kappa shape index (κ3) is 4.59. The van der Waals surface area contributed by atoms with E-state index in [9.17, 15) is 10.0 Å². The number of halogens is 2. The highest BCUT2D eigenvalue weighted by atomic mass is 35.5. The molecule has 1 fully saturated rings. The highest BCUT2D eigenvalue weighted by molar-refractivity contribution is 6.42. The van der Waals surface area contributed by atoms with Gasteiger partial charge in [-0.05, 0) is 18.6 Å². The van der Waals surface area contributed by atoms with Gasteiger partial charge in [-0.15, -0.1) is 0 Å². The van der Waals surface area contributed by atoms with Gasteiger partial charge in [-0.2, -0.15) is 0 Å². The molecule has 1 aliphatic heterocycles. The van der Waals surface area contributed by atoms with Crippen molar-refractivity contribution in [3.05, 3.63) is 39.0 Å². The first-order valence-corrected chi connectivity index (χ1v) is 9.23. The Kier molecular flexibility index (Phi) is 5.94. The number of nitrogens with one attached hydrogen (secondary N) is 1. The van der Waals surface area contributed by atoms with Gasteiger partial charge in [0, 0.05) is 24.9 Å². The molecule has 25 heavy (non-hydrogen) atoms. The van der Waals surface area contributed by atoms with Crippen LogP contribution >= 0.6 is 23.2 Å². The molecule has 2 amide bonds. The molecule has 0 aromatic heterocycles. The van der Waals surface area contributed by atoms with Crippen LogP contribution in [0.1, 0.15) is 38.8 Å². The lowest BCUT2D eigenvalue weighted by Gasteiger charge is -2.53. The van der Waals surface area contributed by atoms with Crippen LogP contribution in [0.5, 0.6) is 0 Å². The number of likely N-dealkylation sites (tertiary alicyclic amines) is 1. The van der Waals surface area contributed by atoms with Crippen molar-refractivity contribution in [1.29, 1.82) is 0 Å². The van der Waals surface area contributed by atoms with Gasteiger partial charge in [0.15, 0.2) is 0 Å². The maximum Gasteiger partial charge on any atom is 0.317 e. The van der Waals surface area contributed by atoms with E-state index in [0.29, 0.717) is 29.6 Å². The molecule has 1 heterocycles. The molecular weight excluding hydrogens is 361 g/mol. The number of nitrogens with zero attached hydrogens (tertiary/aromatic N) is 2. The largest absolute Gasteiger partial charge is 0.633 e. The second-order valence-electron chi connectivity index (χ2n) is 7.90. The predicted octanol–water partition coefficient (Wildman–Crippen LogP) is 4.44. The van der Waals surface area contributed by atoms with Crippen molar-refractivity contribution in [1.82, 2.24) is 10.2 Å². The van der Waals surface area contributed by atoms with Crippen molar-refractivity contribution in [2.75, 3.05) is 27.2 Å². The quantitative estimate of drug-likeness (QED) is 0.615. The van der Waals surface area contributed by atoms with Crippen LogP contribution in [-0.2, 0) is 0 Å². The summed E-state index contributed by atoms with van der Waals surface area (Å²) in [6.07, 6.45) is 0.684. The maximum absolute atomic E-state index is 12.7. The van der Waals surface area contributed by atoms with Crippen molar-refractivity contribution < 1.29 is 9.44 Å². The van der Waals surface area contributed by atoms with Crippen molar-refractivity contribution in [2.24, 2.45) is 5.41 Å². The van der Waals surface area contributed by atoms with E-state index in [1.807, 2.05) is 32.9 Å². The Hall–Kier alpha value is -1.01. The van der Waals surface area contributed by atoms with Crippen molar-refractivity contribution in [3.63, 3.8) is 0 Å². The number of carbonyl (C=O) groups excluding carboxylic acids is 1. The van der Waals surface area contributed by atoms with Crippen LogP contribution in [0.2, 0.25) is 10.0 Å². The average molecular weight is 388 g/mol. The predicted molar refractivity (Wildman–Crippen MR) is 103 cm³/mol. The fourth-order valence-electron chi connectivity index (χ4n) is 3.91. The summed E-state index contributed by atoms with van der Waals surface area (Å²) >= 11 is 12.3. The summed E-state index contributed by atoms with van der Waals surface area (Å²) < 4.78 is -0.256. The maximum atomic E-state index is 12.7. The molecule has 0 spiro atoms. The first kappa shape index (κ1) is 20.3. The zero-order valence-corrected chi connectivity index (χ0v) is 17.0. The molecule has 1 aromatic carbocycles.